The van der Waals surface area contributed by atoms with Crippen LogP contribution in [0.5, 0.6) is 0 Å². The molecular formula is C22H26O3Si. The van der Waals surface area contributed by atoms with Crippen LogP contribution < -0.4 is 0 Å². The maximum atomic E-state index is 13.7. The van der Waals surface area contributed by atoms with Crippen molar-refractivity contribution in [1.82, 2.24) is 0 Å². The van der Waals surface area contributed by atoms with Crippen LogP contribution in [0.25, 0.3) is 0 Å². The van der Waals surface area contributed by atoms with E-state index in [0.29, 0.717) is 18.1 Å². The predicted molar refractivity (Wildman–Crippen MR) is 103 cm³/mol. The van der Waals surface area contributed by atoms with Gasteiger partial charge < -0.3 is 4.74 Å². The highest BCUT2D eigenvalue weighted by molar-refractivity contribution is 6.84. The third kappa shape index (κ3) is 1.56. The lowest BCUT2D eigenvalue weighted by atomic mass is 9.39. The summed E-state index contributed by atoms with van der Waals surface area (Å²) >= 11 is 0. The molecule has 0 radical (unpaired) electrons. The summed E-state index contributed by atoms with van der Waals surface area (Å²) in [6, 6.07) is 10.2. The van der Waals surface area contributed by atoms with E-state index in [0.717, 1.165) is 24.2 Å². The minimum Gasteiger partial charge on any atom is -0.373 e. The van der Waals surface area contributed by atoms with Gasteiger partial charge in [0.1, 0.15) is 5.78 Å². The van der Waals surface area contributed by atoms with Crippen LogP contribution in [0.4, 0.5) is 0 Å². The van der Waals surface area contributed by atoms with Gasteiger partial charge in [0.25, 0.3) is 0 Å². The number of fused-ring (bicyclic) bond motifs is 5. The number of ketones is 2. The fraction of sp³-hybridized carbons (Fsp3) is 0.545. The molecule has 0 N–H and O–H groups in total. The highest BCUT2D eigenvalue weighted by Crippen LogP contribution is 2.80. The van der Waals surface area contributed by atoms with Crippen molar-refractivity contribution in [3.8, 4) is 0 Å². The Bertz CT molecular complexity index is 865. The number of ether oxygens (including phenoxy) is 1. The number of carbonyl (C=O) groups is 2. The molecule has 1 heterocycles. The van der Waals surface area contributed by atoms with Crippen LogP contribution in [0.2, 0.25) is 24.7 Å². The molecule has 0 unspecified atom stereocenters. The second-order valence-electron chi connectivity index (χ2n) is 9.68. The first kappa shape index (κ1) is 16.6. The Kier molecular flexibility index (Phi) is 3.10. The van der Waals surface area contributed by atoms with Crippen LogP contribution in [0.15, 0.2) is 41.5 Å². The lowest BCUT2D eigenvalue weighted by molar-refractivity contribution is -0.149. The smallest absolute Gasteiger partial charge is 0.162 e. The van der Waals surface area contributed by atoms with Gasteiger partial charge in [0.05, 0.1) is 20.1 Å². The Morgan fingerprint density at radius 2 is 1.81 bits per heavy atom. The van der Waals surface area contributed by atoms with Gasteiger partial charge >= 0.3 is 0 Å². The van der Waals surface area contributed by atoms with Crippen molar-refractivity contribution in [2.24, 2.45) is 11.3 Å². The number of carbonyl (C=O) groups excluding carboxylic acids is 2. The molecule has 3 aliphatic carbocycles. The minimum atomic E-state index is -1.94. The zero-order chi connectivity index (χ0) is 18.5. The number of benzene rings is 1. The van der Waals surface area contributed by atoms with Crippen LogP contribution >= 0.6 is 0 Å². The molecular weight excluding hydrogens is 340 g/mol. The average Bonchev–Trinajstić information content (AvgIpc) is 2.95. The fourth-order valence-electron chi connectivity index (χ4n) is 6.87. The summed E-state index contributed by atoms with van der Waals surface area (Å²) in [6.45, 7) is 9.83. The van der Waals surface area contributed by atoms with E-state index in [2.05, 4.69) is 38.7 Å². The van der Waals surface area contributed by atoms with E-state index in [9.17, 15) is 9.59 Å². The molecule has 2 fully saturated rings. The van der Waals surface area contributed by atoms with Gasteiger partial charge in [0.2, 0.25) is 0 Å². The Morgan fingerprint density at radius 3 is 2.46 bits per heavy atom. The first-order valence-electron chi connectivity index (χ1n) is 9.74. The predicted octanol–water partition coefficient (Wildman–Crippen LogP) is 4.13. The van der Waals surface area contributed by atoms with Crippen LogP contribution in [0.3, 0.4) is 0 Å². The van der Waals surface area contributed by atoms with E-state index < -0.39 is 13.1 Å². The molecule has 1 saturated heterocycles. The van der Waals surface area contributed by atoms with Gasteiger partial charge in [-0.2, -0.15) is 0 Å². The molecule has 1 aromatic rings. The summed E-state index contributed by atoms with van der Waals surface area (Å²) in [4.78, 5) is 26.8. The van der Waals surface area contributed by atoms with E-state index >= 15 is 0 Å². The summed E-state index contributed by atoms with van der Waals surface area (Å²) in [5.41, 5.74) is 3.09. The average molecular weight is 367 g/mol. The van der Waals surface area contributed by atoms with Crippen molar-refractivity contribution in [1.29, 1.82) is 0 Å². The summed E-state index contributed by atoms with van der Waals surface area (Å²) in [6.07, 6.45) is 1.39. The highest BCUT2D eigenvalue weighted by atomic mass is 28.3. The Balaban J connectivity index is 1.76. The number of Topliss-reactive ketones (excluding diaryl/α,β-unsaturated/α-hetero) is 2. The van der Waals surface area contributed by atoms with E-state index in [1.807, 2.05) is 18.2 Å². The first-order chi connectivity index (χ1) is 12.2. The molecule has 0 spiro atoms. The van der Waals surface area contributed by atoms with Crippen molar-refractivity contribution in [2.75, 3.05) is 6.61 Å². The van der Waals surface area contributed by atoms with E-state index in [4.69, 9.17) is 4.74 Å². The quantitative estimate of drug-likeness (QED) is 0.739. The van der Waals surface area contributed by atoms with Crippen LogP contribution in [-0.2, 0) is 14.3 Å². The minimum absolute atomic E-state index is 0.00101. The van der Waals surface area contributed by atoms with Crippen LogP contribution in [0.1, 0.15) is 31.2 Å². The molecule has 26 heavy (non-hydrogen) atoms. The third-order valence-corrected chi connectivity index (χ3v) is 11.4. The summed E-state index contributed by atoms with van der Waals surface area (Å²) < 4.78 is 5.88. The fourth-order valence-corrected chi connectivity index (χ4v) is 10.3. The topological polar surface area (TPSA) is 43.4 Å². The number of hydrogen-bond acceptors (Lipinski definition) is 3. The maximum Gasteiger partial charge on any atom is 0.162 e. The molecule has 3 nitrogen and oxygen atoms in total. The van der Waals surface area contributed by atoms with Gasteiger partial charge in [-0.3, -0.25) is 9.59 Å². The van der Waals surface area contributed by atoms with Gasteiger partial charge in [-0.1, -0.05) is 56.9 Å². The highest BCUT2D eigenvalue weighted by Gasteiger charge is 2.80. The molecule has 4 aliphatic rings. The second kappa shape index (κ2) is 4.85. The first-order valence-corrected chi connectivity index (χ1v) is 13.2. The van der Waals surface area contributed by atoms with Crippen molar-refractivity contribution < 1.29 is 14.3 Å². The summed E-state index contributed by atoms with van der Waals surface area (Å²) in [5.74, 6) is 0.722. The Morgan fingerprint density at radius 1 is 1.12 bits per heavy atom. The Labute approximate surface area is 155 Å². The van der Waals surface area contributed by atoms with Gasteiger partial charge in [0, 0.05) is 35.0 Å². The molecule has 1 aliphatic heterocycles. The molecule has 1 aromatic carbocycles. The van der Waals surface area contributed by atoms with E-state index in [1.165, 1.54) is 5.57 Å². The van der Waals surface area contributed by atoms with Crippen LogP contribution in [0, 0.1) is 11.3 Å². The normalized spacial score (nSPS) is 41.2. The van der Waals surface area contributed by atoms with Crippen molar-refractivity contribution >= 4 is 19.6 Å². The largest absolute Gasteiger partial charge is 0.373 e. The molecule has 1 saturated carbocycles. The lowest BCUT2D eigenvalue weighted by Gasteiger charge is -2.71. The SMILES string of the molecule is C[C@@]12C3=C(C(=O)C[C@]1([Si](C)(C)C)C(=O)[C@@H]2c1ccccc1)[C@@H]1OCC[C@H]31. The van der Waals surface area contributed by atoms with Gasteiger partial charge in [0.15, 0.2) is 5.78 Å². The van der Waals surface area contributed by atoms with Crippen LogP contribution in [-0.4, -0.2) is 32.4 Å². The lowest BCUT2D eigenvalue weighted by Crippen LogP contribution is -2.73. The maximum absolute atomic E-state index is 13.7. The molecule has 0 amide bonds. The summed E-state index contributed by atoms with van der Waals surface area (Å²) in [7, 11) is -1.94. The zero-order valence-electron chi connectivity index (χ0n) is 16.0. The molecule has 5 atom stereocenters. The zero-order valence-corrected chi connectivity index (χ0v) is 17.0. The van der Waals surface area contributed by atoms with Gasteiger partial charge in [-0.05, 0) is 17.6 Å². The second-order valence-corrected chi connectivity index (χ2v) is 15.0. The standard InChI is InChI=1S/C22H26O3Si/c1-21-17(13-8-6-5-7-9-13)20(24)22(21,26(2,3)4)12-15(23)16-18(21)14-10-11-25-19(14)16/h5-9,14,17,19H,10-12H2,1-4H3/t14-,17+,19-,21-,22+/m1/s1. The Hall–Kier alpha value is -1.52. The summed E-state index contributed by atoms with van der Waals surface area (Å²) in [5, 5.41) is -0.468. The monoisotopic (exact) mass is 366 g/mol. The molecule has 0 bridgehead atoms. The van der Waals surface area contributed by atoms with Crippen molar-refractivity contribution in [3.05, 3.63) is 47.0 Å². The number of rotatable bonds is 2. The molecule has 4 heteroatoms. The molecule has 136 valence electrons. The van der Waals surface area contributed by atoms with Gasteiger partial charge in [-0.25, -0.2) is 0 Å². The van der Waals surface area contributed by atoms with E-state index in [-0.39, 0.29) is 23.2 Å². The third-order valence-electron chi connectivity index (χ3n) is 7.88. The van der Waals surface area contributed by atoms with E-state index in [1.54, 1.807) is 0 Å². The van der Waals surface area contributed by atoms with Gasteiger partial charge in [-0.15, -0.1) is 0 Å². The van der Waals surface area contributed by atoms with Crippen molar-refractivity contribution in [3.63, 3.8) is 0 Å². The van der Waals surface area contributed by atoms with Crippen molar-refractivity contribution in [2.45, 2.75) is 56.5 Å². The molecule has 0 aromatic heterocycles. The molecule has 5 rings (SSSR count). The number of hydrogen-bond donors (Lipinski definition) is 0.